The number of aromatic nitrogens is 2. The lowest BCUT2D eigenvalue weighted by Gasteiger charge is -2.25. The Labute approximate surface area is 128 Å². The lowest BCUT2D eigenvalue weighted by atomic mass is 10.1. The average molecular weight is 301 g/mol. The molecule has 0 aliphatic rings. The van der Waals surface area contributed by atoms with Crippen molar-refractivity contribution in [2.24, 2.45) is 0 Å². The first kappa shape index (κ1) is 15.9. The zero-order valence-corrected chi connectivity index (χ0v) is 12.3. The summed E-state index contributed by atoms with van der Waals surface area (Å²) in [5.41, 5.74) is 0.827. The van der Waals surface area contributed by atoms with Crippen LogP contribution in [0.25, 0.3) is 11.8 Å². The van der Waals surface area contributed by atoms with Crippen LogP contribution in [0.5, 0.6) is 0 Å². The van der Waals surface area contributed by atoms with Crippen molar-refractivity contribution in [3.8, 4) is 5.69 Å². The molecule has 2 rings (SSSR count). The highest BCUT2D eigenvalue weighted by Crippen LogP contribution is 2.10. The zero-order valence-electron chi connectivity index (χ0n) is 12.3. The number of nitrogens with zero attached hydrogens (tertiary/aromatic N) is 2. The average Bonchev–Trinajstić information content (AvgIpc) is 3.08. The van der Waals surface area contributed by atoms with Gasteiger partial charge in [0.2, 0.25) is 5.91 Å². The van der Waals surface area contributed by atoms with Gasteiger partial charge >= 0.3 is 0 Å². The van der Waals surface area contributed by atoms with Gasteiger partial charge in [0, 0.05) is 24.2 Å². The first-order chi connectivity index (χ1) is 10.6. The number of aliphatic hydroxyl groups is 2. The quantitative estimate of drug-likeness (QED) is 0.687. The largest absolute Gasteiger partial charge is 0.394 e. The normalized spacial score (nSPS) is 11.8. The minimum absolute atomic E-state index is 0.331. The molecule has 0 spiro atoms. The molecule has 3 N–H and O–H groups in total. The standard InChI is InChI=1S/C16H19N3O3/c1-16(10-20,11-21)18-15(22)7-4-13-2-5-14(6-3-13)19-9-8-17-12-19/h2-9,12,20-21H,10-11H2,1H3,(H,18,22). The number of benzene rings is 1. The second-order valence-electron chi connectivity index (χ2n) is 5.26. The summed E-state index contributed by atoms with van der Waals surface area (Å²) in [6.07, 6.45) is 8.31. The number of carbonyl (C=O) groups is 1. The summed E-state index contributed by atoms with van der Waals surface area (Å²) >= 11 is 0. The van der Waals surface area contributed by atoms with E-state index in [1.807, 2.05) is 35.0 Å². The van der Waals surface area contributed by atoms with E-state index in [-0.39, 0.29) is 19.1 Å². The van der Waals surface area contributed by atoms with Crippen LogP contribution in [0, 0.1) is 0 Å². The van der Waals surface area contributed by atoms with Gasteiger partial charge in [-0.3, -0.25) is 4.79 Å². The summed E-state index contributed by atoms with van der Waals surface area (Å²) in [6.45, 7) is 0.907. The third-order valence-electron chi connectivity index (χ3n) is 3.25. The fourth-order valence-corrected chi connectivity index (χ4v) is 1.81. The Kier molecular flexibility index (Phi) is 5.08. The van der Waals surface area contributed by atoms with Crippen LogP contribution >= 0.6 is 0 Å². The fourth-order valence-electron chi connectivity index (χ4n) is 1.81. The zero-order chi connectivity index (χ0) is 16.0. The van der Waals surface area contributed by atoms with Crippen molar-refractivity contribution in [3.05, 3.63) is 54.6 Å². The van der Waals surface area contributed by atoms with Gasteiger partial charge in [-0.1, -0.05) is 12.1 Å². The topological polar surface area (TPSA) is 87.4 Å². The Morgan fingerprint density at radius 1 is 1.32 bits per heavy atom. The van der Waals surface area contributed by atoms with Gasteiger partial charge in [-0.15, -0.1) is 0 Å². The van der Waals surface area contributed by atoms with E-state index in [0.717, 1.165) is 11.3 Å². The fraction of sp³-hybridized carbons (Fsp3) is 0.250. The number of imidazole rings is 1. The number of nitrogens with one attached hydrogen (secondary N) is 1. The lowest BCUT2D eigenvalue weighted by molar-refractivity contribution is -0.119. The second-order valence-corrected chi connectivity index (χ2v) is 5.26. The maximum absolute atomic E-state index is 11.8. The van der Waals surface area contributed by atoms with Gasteiger partial charge in [0.15, 0.2) is 0 Å². The van der Waals surface area contributed by atoms with Crippen molar-refractivity contribution >= 4 is 12.0 Å². The van der Waals surface area contributed by atoms with Gasteiger partial charge < -0.3 is 20.1 Å². The molecule has 1 aromatic heterocycles. The van der Waals surface area contributed by atoms with E-state index in [0.29, 0.717) is 0 Å². The first-order valence-electron chi connectivity index (χ1n) is 6.87. The number of carbonyl (C=O) groups excluding carboxylic acids is 1. The maximum Gasteiger partial charge on any atom is 0.244 e. The molecule has 6 heteroatoms. The van der Waals surface area contributed by atoms with Crippen LogP contribution in [-0.4, -0.2) is 44.4 Å². The molecule has 0 unspecified atom stereocenters. The number of aliphatic hydroxyl groups excluding tert-OH is 2. The molecule has 1 heterocycles. The van der Waals surface area contributed by atoms with E-state index in [1.165, 1.54) is 6.08 Å². The maximum atomic E-state index is 11.8. The monoisotopic (exact) mass is 301 g/mol. The molecule has 1 aromatic carbocycles. The minimum Gasteiger partial charge on any atom is -0.394 e. The van der Waals surface area contributed by atoms with Crippen molar-refractivity contribution < 1.29 is 15.0 Å². The van der Waals surface area contributed by atoms with Gasteiger partial charge in [0.05, 0.1) is 25.1 Å². The molecule has 22 heavy (non-hydrogen) atoms. The minimum atomic E-state index is -1.02. The third-order valence-corrected chi connectivity index (χ3v) is 3.25. The molecule has 0 bridgehead atoms. The van der Waals surface area contributed by atoms with Gasteiger partial charge in [-0.2, -0.15) is 0 Å². The van der Waals surface area contributed by atoms with Gasteiger partial charge in [0.25, 0.3) is 0 Å². The summed E-state index contributed by atoms with van der Waals surface area (Å²) in [6, 6.07) is 7.61. The highest BCUT2D eigenvalue weighted by atomic mass is 16.3. The lowest BCUT2D eigenvalue weighted by Crippen LogP contribution is -2.51. The molecule has 0 saturated carbocycles. The Hall–Kier alpha value is -2.44. The summed E-state index contributed by atoms with van der Waals surface area (Å²) in [4.78, 5) is 15.8. The summed E-state index contributed by atoms with van der Waals surface area (Å²) < 4.78 is 1.88. The van der Waals surface area contributed by atoms with Crippen LogP contribution in [0.2, 0.25) is 0 Å². The molecule has 0 aliphatic carbocycles. The van der Waals surface area contributed by atoms with Crippen molar-refractivity contribution in [2.75, 3.05) is 13.2 Å². The second kappa shape index (κ2) is 7.02. The van der Waals surface area contributed by atoms with E-state index >= 15 is 0 Å². The Morgan fingerprint density at radius 3 is 2.55 bits per heavy atom. The molecule has 0 atom stereocenters. The third kappa shape index (κ3) is 4.03. The summed E-state index contributed by atoms with van der Waals surface area (Å²) in [7, 11) is 0. The number of hydrogen-bond donors (Lipinski definition) is 3. The molecule has 2 aromatic rings. The van der Waals surface area contributed by atoms with Crippen molar-refractivity contribution in [2.45, 2.75) is 12.5 Å². The number of hydrogen-bond acceptors (Lipinski definition) is 4. The van der Waals surface area contributed by atoms with Crippen molar-refractivity contribution in [1.82, 2.24) is 14.9 Å². The van der Waals surface area contributed by atoms with E-state index in [2.05, 4.69) is 10.3 Å². The van der Waals surface area contributed by atoms with Crippen LogP contribution in [-0.2, 0) is 4.79 Å². The number of rotatable bonds is 6. The van der Waals surface area contributed by atoms with Crippen molar-refractivity contribution in [1.29, 1.82) is 0 Å². The summed E-state index contributed by atoms with van der Waals surface area (Å²) in [5.74, 6) is -0.371. The highest BCUT2D eigenvalue weighted by Gasteiger charge is 2.23. The summed E-state index contributed by atoms with van der Waals surface area (Å²) in [5, 5.41) is 20.8. The van der Waals surface area contributed by atoms with E-state index in [9.17, 15) is 4.79 Å². The van der Waals surface area contributed by atoms with Crippen molar-refractivity contribution in [3.63, 3.8) is 0 Å². The molecule has 0 radical (unpaired) electrons. The van der Waals surface area contributed by atoms with Gasteiger partial charge in [-0.25, -0.2) is 4.98 Å². The SMILES string of the molecule is CC(CO)(CO)NC(=O)C=Cc1ccc(-n2ccnc2)cc1. The molecule has 1 amide bonds. The Morgan fingerprint density at radius 2 is 2.00 bits per heavy atom. The van der Waals surface area contributed by atoms with Crippen LogP contribution < -0.4 is 5.32 Å². The molecule has 6 nitrogen and oxygen atoms in total. The first-order valence-corrected chi connectivity index (χ1v) is 6.87. The molecular formula is C16H19N3O3. The highest BCUT2D eigenvalue weighted by molar-refractivity contribution is 5.92. The predicted molar refractivity (Wildman–Crippen MR) is 83.3 cm³/mol. The van der Waals surface area contributed by atoms with Crippen LogP contribution in [0.1, 0.15) is 12.5 Å². The Balaban J connectivity index is 2.00. The molecule has 0 fully saturated rings. The van der Waals surface area contributed by atoms with E-state index in [1.54, 1.807) is 25.5 Å². The van der Waals surface area contributed by atoms with Crippen LogP contribution in [0.3, 0.4) is 0 Å². The molecule has 0 aliphatic heterocycles. The van der Waals surface area contributed by atoms with Gasteiger partial charge in [-0.05, 0) is 30.7 Å². The molecule has 0 saturated heterocycles. The smallest absolute Gasteiger partial charge is 0.244 e. The van der Waals surface area contributed by atoms with Crippen LogP contribution in [0.15, 0.2) is 49.1 Å². The van der Waals surface area contributed by atoms with Gasteiger partial charge in [0.1, 0.15) is 0 Å². The Bertz CT molecular complexity index is 629. The van der Waals surface area contributed by atoms with Crippen LogP contribution in [0.4, 0.5) is 0 Å². The molecule has 116 valence electrons. The van der Waals surface area contributed by atoms with E-state index < -0.39 is 5.54 Å². The molecular weight excluding hydrogens is 282 g/mol. The number of amides is 1. The predicted octanol–water partition coefficient (Wildman–Crippen LogP) is 0.745. The van der Waals surface area contributed by atoms with E-state index in [4.69, 9.17) is 10.2 Å².